The number of aromatic hydroxyl groups is 1. The van der Waals surface area contributed by atoms with Gasteiger partial charge in [0.25, 0.3) is 5.91 Å². The van der Waals surface area contributed by atoms with Crippen LogP contribution in [-0.4, -0.2) is 56.7 Å². The Balaban J connectivity index is 0.974. The van der Waals surface area contributed by atoms with Crippen molar-refractivity contribution in [3.63, 3.8) is 0 Å². The molecule has 0 radical (unpaired) electrons. The average molecular weight is 620 g/mol. The third kappa shape index (κ3) is 6.21. The zero-order valence-corrected chi connectivity index (χ0v) is 24.8. The first kappa shape index (κ1) is 30.6. The Morgan fingerprint density at radius 2 is 1.59 bits per heavy atom. The van der Waals surface area contributed by atoms with E-state index in [2.05, 4.69) is 10.3 Å². The van der Waals surface area contributed by atoms with Crippen molar-refractivity contribution >= 4 is 22.8 Å². The van der Waals surface area contributed by atoms with Crippen LogP contribution in [0.25, 0.3) is 10.9 Å². The van der Waals surface area contributed by atoms with E-state index < -0.39 is 17.5 Å². The second kappa shape index (κ2) is 12.9. The number of fused-ring (bicyclic) bond motifs is 1. The van der Waals surface area contributed by atoms with Gasteiger partial charge in [0.15, 0.2) is 0 Å². The Labute approximate surface area is 264 Å². The van der Waals surface area contributed by atoms with Crippen molar-refractivity contribution in [3.05, 3.63) is 141 Å². The normalized spacial score (nSPS) is 14.4. The number of carboxylic acids is 1. The van der Waals surface area contributed by atoms with Crippen LogP contribution in [-0.2, 0) is 23.4 Å². The van der Waals surface area contributed by atoms with Gasteiger partial charge in [-0.1, -0.05) is 60.7 Å². The Morgan fingerprint density at radius 3 is 2.28 bits per heavy atom. The predicted molar refractivity (Wildman–Crippen MR) is 172 cm³/mol. The highest BCUT2D eigenvalue weighted by molar-refractivity contribution is 5.97. The first-order valence-corrected chi connectivity index (χ1v) is 14.9. The standard InChI is InChI=1S/C36H33N3O7/c40-30-16-14-28(29-15-17-32(42)38-33(29)30)31(41)19-37-18-23-6-8-24(9-7-23)20-46-27-12-10-25(11-13-27)34(43)39-21-36(22-39,35(44)45)26-4-2-1-3-5-26/h1-17,31,37,40-41H,18-22H2,(H,38,42)(H,44,45). The molecule has 1 atom stereocenters. The van der Waals surface area contributed by atoms with Gasteiger partial charge in [-0.25, -0.2) is 0 Å². The number of rotatable bonds is 11. The monoisotopic (exact) mass is 619 g/mol. The SMILES string of the molecule is O=C(c1ccc(OCc2ccc(CNCC(O)c3ccc(O)c4[nH]c(=O)ccc34)cc2)cc1)N1CC(C(=O)O)(c2ccccc2)C1. The summed E-state index contributed by atoms with van der Waals surface area (Å²) < 4.78 is 5.91. The number of aromatic nitrogens is 1. The molecular formula is C36H33N3O7. The van der Waals surface area contributed by atoms with E-state index >= 15 is 0 Å². The van der Waals surface area contributed by atoms with E-state index in [1.165, 1.54) is 12.1 Å². The molecule has 234 valence electrons. The summed E-state index contributed by atoms with van der Waals surface area (Å²) in [4.78, 5) is 40.9. The molecule has 1 aliphatic rings. The fraction of sp³-hybridized carbons (Fsp3) is 0.194. The second-order valence-electron chi connectivity index (χ2n) is 11.5. The molecule has 0 spiro atoms. The zero-order valence-electron chi connectivity index (χ0n) is 24.8. The van der Waals surface area contributed by atoms with Gasteiger partial charge in [0.05, 0.1) is 11.6 Å². The molecule has 46 heavy (non-hydrogen) atoms. The summed E-state index contributed by atoms with van der Waals surface area (Å²) in [6, 6.07) is 29.8. The van der Waals surface area contributed by atoms with Crippen LogP contribution in [0.2, 0.25) is 0 Å². The van der Waals surface area contributed by atoms with Crippen molar-refractivity contribution < 1.29 is 29.6 Å². The number of aliphatic carboxylic acids is 1. The van der Waals surface area contributed by atoms with Crippen molar-refractivity contribution in [1.29, 1.82) is 0 Å². The van der Waals surface area contributed by atoms with E-state index in [1.54, 1.807) is 65.6 Å². The van der Waals surface area contributed by atoms with Crippen LogP contribution in [0.15, 0.2) is 108 Å². The molecule has 0 aliphatic carbocycles. The number of nitrogens with one attached hydrogen (secondary N) is 2. The second-order valence-corrected chi connectivity index (χ2v) is 11.5. The first-order chi connectivity index (χ1) is 22.2. The maximum atomic E-state index is 13.0. The van der Waals surface area contributed by atoms with Gasteiger partial charge in [0.1, 0.15) is 23.5 Å². The molecule has 0 saturated carbocycles. The number of carbonyl (C=O) groups is 2. The molecule has 0 bridgehead atoms. The number of aromatic amines is 1. The Hall–Kier alpha value is -5.45. The van der Waals surface area contributed by atoms with Gasteiger partial charge in [-0.15, -0.1) is 0 Å². The number of ether oxygens (including phenoxy) is 1. The molecule has 2 heterocycles. The van der Waals surface area contributed by atoms with Gasteiger partial charge in [-0.05, 0) is 58.7 Å². The zero-order chi connectivity index (χ0) is 32.3. The van der Waals surface area contributed by atoms with Crippen molar-refractivity contribution in [2.45, 2.75) is 24.7 Å². The number of carbonyl (C=O) groups excluding carboxylic acids is 1. The number of nitrogens with zero attached hydrogens (tertiary/aromatic N) is 1. The van der Waals surface area contributed by atoms with Gasteiger partial charge in [0.2, 0.25) is 5.56 Å². The summed E-state index contributed by atoms with van der Waals surface area (Å²) in [7, 11) is 0. The fourth-order valence-electron chi connectivity index (χ4n) is 5.76. The average Bonchev–Trinajstić information content (AvgIpc) is 3.05. The number of benzene rings is 4. The number of amides is 1. The number of H-pyrrole nitrogens is 1. The number of carboxylic acid groups (broad SMARTS) is 1. The number of aliphatic hydroxyl groups excluding tert-OH is 1. The number of pyridine rings is 1. The van der Waals surface area contributed by atoms with Crippen molar-refractivity contribution in [3.8, 4) is 11.5 Å². The summed E-state index contributed by atoms with van der Waals surface area (Å²) in [5, 5.41) is 34.5. The molecule has 1 aliphatic heterocycles. The molecule has 1 fully saturated rings. The molecule has 1 aromatic heterocycles. The fourth-order valence-corrected chi connectivity index (χ4v) is 5.76. The Kier molecular flexibility index (Phi) is 8.56. The summed E-state index contributed by atoms with van der Waals surface area (Å²) in [5.74, 6) is -0.599. The number of aliphatic hydroxyl groups is 1. The third-order valence-corrected chi connectivity index (χ3v) is 8.41. The molecule has 10 heteroatoms. The van der Waals surface area contributed by atoms with Crippen LogP contribution < -0.4 is 15.6 Å². The maximum absolute atomic E-state index is 13.0. The molecule has 5 aromatic rings. The Bertz CT molecular complexity index is 1920. The smallest absolute Gasteiger partial charge is 0.317 e. The van der Waals surface area contributed by atoms with Crippen LogP contribution in [0, 0.1) is 0 Å². The summed E-state index contributed by atoms with van der Waals surface area (Å²) in [5.41, 5.74) is 2.62. The van der Waals surface area contributed by atoms with Crippen LogP contribution >= 0.6 is 0 Å². The maximum Gasteiger partial charge on any atom is 0.317 e. The van der Waals surface area contributed by atoms with E-state index in [0.717, 1.165) is 11.1 Å². The van der Waals surface area contributed by atoms with Crippen molar-refractivity contribution in [1.82, 2.24) is 15.2 Å². The molecule has 1 unspecified atom stereocenters. The minimum atomic E-state index is -1.08. The molecule has 4 aromatic carbocycles. The highest BCUT2D eigenvalue weighted by Gasteiger charge is 2.52. The lowest BCUT2D eigenvalue weighted by Crippen LogP contribution is -2.65. The van der Waals surface area contributed by atoms with Crippen molar-refractivity contribution in [2.75, 3.05) is 19.6 Å². The summed E-state index contributed by atoms with van der Waals surface area (Å²) in [6.07, 6.45) is -0.846. The van der Waals surface area contributed by atoms with Gasteiger partial charge < -0.3 is 35.3 Å². The van der Waals surface area contributed by atoms with Gasteiger partial charge in [0, 0.05) is 43.2 Å². The summed E-state index contributed by atoms with van der Waals surface area (Å²) >= 11 is 0. The van der Waals surface area contributed by atoms with Gasteiger partial charge in [-0.3, -0.25) is 14.4 Å². The highest BCUT2D eigenvalue weighted by Crippen LogP contribution is 2.36. The number of hydrogen-bond acceptors (Lipinski definition) is 7. The number of hydrogen-bond donors (Lipinski definition) is 5. The first-order valence-electron chi connectivity index (χ1n) is 14.9. The molecule has 1 saturated heterocycles. The van der Waals surface area contributed by atoms with Gasteiger partial charge >= 0.3 is 5.97 Å². The van der Waals surface area contributed by atoms with Crippen LogP contribution in [0.1, 0.15) is 38.7 Å². The van der Waals surface area contributed by atoms with Crippen LogP contribution in [0.4, 0.5) is 0 Å². The van der Waals surface area contributed by atoms with Crippen LogP contribution in [0.5, 0.6) is 11.5 Å². The lowest BCUT2D eigenvalue weighted by Gasteiger charge is -2.47. The largest absolute Gasteiger partial charge is 0.506 e. The lowest BCUT2D eigenvalue weighted by atomic mass is 9.73. The highest BCUT2D eigenvalue weighted by atomic mass is 16.5. The molecule has 1 amide bonds. The van der Waals surface area contributed by atoms with E-state index in [4.69, 9.17) is 4.74 Å². The molecule has 5 N–H and O–H groups in total. The number of phenols is 1. The van der Waals surface area contributed by atoms with E-state index in [-0.39, 0.29) is 36.9 Å². The Morgan fingerprint density at radius 1 is 0.891 bits per heavy atom. The quantitative estimate of drug-likeness (QED) is 0.148. The molecule has 10 nitrogen and oxygen atoms in total. The minimum absolute atomic E-state index is 0.0514. The topological polar surface area (TPSA) is 152 Å². The van der Waals surface area contributed by atoms with Crippen LogP contribution in [0.3, 0.4) is 0 Å². The van der Waals surface area contributed by atoms with E-state index in [1.807, 2.05) is 30.3 Å². The van der Waals surface area contributed by atoms with E-state index in [0.29, 0.717) is 46.5 Å². The number of phenolic OH excluding ortho intramolecular Hbond substituents is 1. The number of likely N-dealkylation sites (tertiary alicyclic amines) is 1. The molecular weight excluding hydrogens is 586 g/mol. The minimum Gasteiger partial charge on any atom is -0.506 e. The van der Waals surface area contributed by atoms with E-state index in [9.17, 15) is 29.7 Å². The van der Waals surface area contributed by atoms with Gasteiger partial charge in [-0.2, -0.15) is 0 Å². The third-order valence-electron chi connectivity index (χ3n) is 8.41. The molecule has 6 rings (SSSR count). The lowest BCUT2D eigenvalue weighted by molar-refractivity contribution is -0.149. The predicted octanol–water partition coefficient (Wildman–Crippen LogP) is 4.11. The summed E-state index contributed by atoms with van der Waals surface area (Å²) in [6.45, 7) is 1.37. The van der Waals surface area contributed by atoms with Crippen molar-refractivity contribution in [2.24, 2.45) is 0 Å².